The van der Waals surface area contributed by atoms with E-state index in [2.05, 4.69) is 0 Å². The standard InChI is InChI=1S/C21H18F3N3O2/c1-4-29-20(28)13-5-7-15(8-6-13)27-12-14(11-25)16-9-19(26(2)3)17(10-18(16)27)21(22,23)24/h5-10,12H,4H2,1-3H3. The summed E-state index contributed by atoms with van der Waals surface area (Å²) in [4.78, 5) is 13.2. The van der Waals surface area contributed by atoms with Crippen LogP contribution in [0.3, 0.4) is 0 Å². The lowest BCUT2D eigenvalue weighted by Crippen LogP contribution is -2.16. The van der Waals surface area contributed by atoms with Crippen LogP contribution in [0.1, 0.15) is 28.4 Å². The van der Waals surface area contributed by atoms with E-state index < -0.39 is 17.7 Å². The van der Waals surface area contributed by atoms with Gasteiger partial charge < -0.3 is 14.2 Å². The Morgan fingerprint density at radius 2 is 1.86 bits per heavy atom. The van der Waals surface area contributed by atoms with Crippen molar-refractivity contribution >= 4 is 22.6 Å². The zero-order valence-corrected chi connectivity index (χ0v) is 16.0. The van der Waals surface area contributed by atoms with Gasteiger partial charge in [0.05, 0.1) is 28.8 Å². The lowest BCUT2D eigenvalue weighted by atomic mass is 10.1. The minimum absolute atomic E-state index is 0.0168. The zero-order chi connectivity index (χ0) is 21.3. The highest BCUT2D eigenvalue weighted by molar-refractivity contribution is 5.93. The molecule has 1 aromatic heterocycles. The fourth-order valence-corrected chi connectivity index (χ4v) is 3.13. The molecule has 0 aliphatic heterocycles. The minimum Gasteiger partial charge on any atom is -0.462 e. The van der Waals surface area contributed by atoms with E-state index >= 15 is 0 Å². The second-order valence-corrected chi connectivity index (χ2v) is 6.57. The van der Waals surface area contributed by atoms with Gasteiger partial charge in [0.1, 0.15) is 6.07 Å². The van der Waals surface area contributed by atoms with Gasteiger partial charge in [0, 0.05) is 37.1 Å². The van der Waals surface area contributed by atoms with Crippen molar-refractivity contribution in [2.45, 2.75) is 13.1 Å². The van der Waals surface area contributed by atoms with Crippen LogP contribution in [0.5, 0.6) is 0 Å². The number of carbonyl (C=O) groups excluding carboxylic acids is 1. The number of aromatic nitrogens is 1. The highest BCUT2D eigenvalue weighted by atomic mass is 19.4. The molecule has 5 nitrogen and oxygen atoms in total. The molecule has 0 unspecified atom stereocenters. The molecule has 0 aliphatic carbocycles. The monoisotopic (exact) mass is 401 g/mol. The maximum atomic E-state index is 13.6. The first-order valence-electron chi connectivity index (χ1n) is 8.78. The summed E-state index contributed by atoms with van der Waals surface area (Å²) in [7, 11) is 3.04. The predicted molar refractivity (Wildman–Crippen MR) is 103 cm³/mol. The summed E-state index contributed by atoms with van der Waals surface area (Å²) in [5.41, 5.74) is 0.558. The number of rotatable bonds is 4. The first-order valence-corrected chi connectivity index (χ1v) is 8.78. The maximum absolute atomic E-state index is 13.6. The number of nitriles is 1. The van der Waals surface area contributed by atoms with Crippen molar-refractivity contribution in [1.82, 2.24) is 4.57 Å². The van der Waals surface area contributed by atoms with Gasteiger partial charge >= 0.3 is 12.1 Å². The minimum atomic E-state index is -4.55. The first-order chi connectivity index (χ1) is 13.7. The number of fused-ring (bicyclic) bond motifs is 1. The number of ether oxygens (including phenoxy) is 1. The summed E-state index contributed by atoms with van der Waals surface area (Å²) in [5.74, 6) is -0.482. The van der Waals surface area contributed by atoms with Gasteiger partial charge in [-0.1, -0.05) is 0 Å². The molecule has 0 spiro atoms. The Labute approximate surface area is 165 Å². The Bertz CT molecular complexity index is 1110. The van der Waals surface area contributed by atoms with Gasteiger partial charge in [-0.2, -0.15) is 18.4 Å². The van der Waals surface area contributed by atoms with Gasteiger partial charge in [-0.25, -0.2) is 4.79 Å². The predicted octanol–water partition coefficient (Wildman–Crippen LogP) is 4.76. The molecule has 0 saturated carbocycles. The molecule has 0 atom stereocenters. The summed E-state index contributed by atoms with van der Waals surface area (Å²) in [6.45, 7) is 1.94. The number of esters is 1. The number of halogens is 3. The van der Waals surface area contributed by atoms with Gasteiger partial charge in [0.2, 0.25) is 0 Å². The molecule has 0 radical (unpaired) electrons. The van der Waals surface area contributed by atoms with Crippen LogP contribution in [-0.4, -0.2) is 31.2 Å². The van der Waals surface area contributed by atoms with Crippen LogP contribution in [0.4, 0.5) is 18.9 Å². The van der Waals surface area contributed by atoms with E-state index in [-0.39, 0.29) is 23.4 Å². The van der Waals surface area contributed by atoms with Gasteiger partial charge in [0.25, 0.3) is 0 Å². The fourth-order valence-electron chi connectivity index (χ4n) is 3.13. The van der Waals surface area contributed by atoms with E-state index in [9.17, 15) is 23.2 Å². The van der Waals surface area contributed by atoms with E-state index in [1.165, 1.54) is 48.0 Å². The summed E-state index contributed by atoms with van der Waals surface area (Å²) in [6.07, 6.45) is -3.06. The quantitative estimate of drug-likeness (QED) is 0.592. The van der Waals surface area contributed by atoms with Crippen LogP contribution in [0, 0.1) is 11.3 Å². The average molecular weight is 401 g/mol. The summed E-state index contributed by atoms with van der Waals surface area (Å²) in [5, 5.41) is 9.89. The molecule has 29 heavy (non-hydrogen) atoms. The van der Waals surface area contributed by atoms with Crippen molar-refractivity contribution in [3.05, 3.63) is 59.3 Å². The van der Waals surface area contributed by atoms with Gasteiger partial charge in [-0.15, -0.1) is 0 Å². The summed E-state index contributed by atoms with van der Waals surface area (Å²) in [6, 6.07) is 10.7. The van der Waals surface area contributed by atoms with Crippen LogP contribution in [-0.2, 0) is 10.9 Å². The number of anilines is 1. The summed E-state index contributed by atoms with van der Waals surface area (Å²) < 4.78 is 47.3. The zero-order valence-electron chi connectivity index (χ0n) is 16.0. The third-order valence-corrected chi connectivity index (χ3v) is 4.49. The summed E-state index contributed by atoms with van der Waals surface area (Å²) >= 11 is 0. The Morgan fingerprint density at radius 1 is 1.21 bits per heavy atom. The lowest BCUT2D eigenvalue weighted by Gasteiger charge is -2.20. The third-order valence-electron chi connectivity index (χ3n) is 4.49. The molecule has 150 valence electrons. The van der Waals surface area contributed by atoms with Crippen LogP contribution in [0.15, 0.2) is 42.6 Å². The highest BCUT2D eigenvalue weighted by Crippen LogP contribution is 2.40. The molecule has 3 rings (SSSR count). The number of carbonyl (C=O) groups is 1. The lowest BCUT2D eigenvalue weighted by molar-refractivity contribution is -0.137. The van der Waals surface area contributed by atoms with Crippen LogP contribution in [0.25, 0.3) is 16.6 Å². The van der Waals surface area contributed by atoms with Gasteiger partial charge in [-0.05, 0) is 43.3 Å². The molecule has 8 heteroatoms. The Morgan fingerprint density at radius 3 is 2.38 bits per heavy atom. The van der Waals surface area contributed by atoms with E-state index in [4.69, 9.17) is 4.74 Å². The second kappa shape index (κ2) is 7.51. The number of hydrogen-bond acceptors (Lipinski definition) is 4. The second-order valence-electron chi connectivity index (χ2n) is 6.57. The van der Waals surface area contributed by atoms with Crippen molar-refractivity contribution in [1.29, 1.82) is 5.26 Å². The number of alkyl halides is 3. The van der Waals surface area contributed by atoms with E-state index in [1.54, 1.807) is 19.1 Å². The van der Waals surface area contributed by atoms with Crippen molar-refractivity contribution in [3.63, 3.8) is 0 Å². The molecule has 0 N–H and O–H groups in total. The van der Waals surface area contributed by atoms with Crippen LogP contribution in [0.2, 0.25) is 0 Å². The van der Waals surface area contributed by atoms with Gasteiger partial charge in [-0.3, -0.25) is 0 Å². The molecule has 3 aromatic rings. The third kappa shape index (κ3) is 3.76. The van der Waals surface area contributed by atoms with Crippen molar-refractivity contribution in [2.75, 3.05) is 25.6 Å². The fraction of sp³-hybridized carbons (Fsp3) is 0.238. The Kier molecular flexibility index (Phi) is 5.25. The number of benzene rings is 2. The van der Waals surface area contributed by atoms with Crippen molar-refractivity contribution in [2.24, 2.45) is 0 Å². The number of nitrogens with zero attached hydrogens (tertiary/aromatic N) is 3. The Balaban J connectivity index is 2.21. The molecule has 2 aromatic carbocycles. The van der Waals surface area contributed by atoms with E-state index in [1.807, 2.05) is 6.07 Å². The molecule has 0 saturated heterocycles. The van der Waals surface area contributed by atoms with Crippen molar-refractivity contribution in [3.8, 4) is 11.8 Å². The average Bonchev–Trinajstić information content (AvgIpc) is 3.04. The molecule has 0 bridgehead atoms. The van der Waals surface area contributed by atoms with Crippen LogP contribution >= 0.6 is 0 Å². The normalized spacial score (nSPS) is 11.3. The smallest absolute Gasteiger partial charge is 0.418 e. The molecule has 0 fully saturated rings. The molecule has 0 amide bonds. The first kappa shape index (κ1) is 20.3. The molecular formula is C21H18F3N3O2. The van der Waals surface area contributed by atoms with E-state index in [0.717, 1.165) is 6.07 Å². The van der Waals surface area contributed by atoms with Crippen LogP contribution < -0.4 is 4.90 Å². The molecule has 1 heterocycles. The van der Waals surface area contributed by atoms with E-state index in [0.29, 0.717) is 16.6 Å². The maximum Gasteiger partial charge on any atom is 0.418 e. The van der Waals surface area contributed by atoms with Gasteiger partial charge in [0.15, 0.2) is 0 Å². The topological polar surface area (TPSA) is 58.3 Å². The molecular weight excluding hydrogens is 383 g/mol. The number of hydrogen-bond donors (Lipinski definition) is 0. The SMILES string of the molecule is CCOC(=O)c1ccc(-n2cc(C#N)c3cc(N(C)C)c(C(F)(F)F)cc32)cc1. The largest absolute Gasteiger partial charge is 0.462 e. The van der Waals surface area contributed by atoms with Crippen molar-refractivity contribution < 1.29 is 22.7 Å². The highest BCUT2D eigenvalue weighted by Gasteiger charge is 2.35. The molecule has 0 aliphatic rings. The Hall–Kier alpha value is -3.47.